The highest BCUT2D eigenvalue weighted by Gasteiger charge is 2.35. The van der Waals surface area contributed by atoms with Crippen molar-refractivity contribution in [1.29, 1.82) is 0 Å². The molecule has 2 nitrogen and oxygen atoms in total. The summed E-state index contributed by atoms with van der Waals surface area (Å²) in [6.07, 6.45) is 2.03. The van der Waals surface area contributed by atoms with Gasteiger partial charge in [-0.15, -0.1) is 0 Å². The highest BCUT2D eigenvalue weighted by Crippen LogP contribution is 2.34. The third-order valence-corrected chi connectivity index (χ3v) is 4.68. The molecule has 2 heteroatoms. The van der Waals surface area contributed by atoms with Crippen LogP contribution in [0.15, 0.2) is 97.1 Å². The van der Waals surface area contributed by atoms with Crippen molar-refractivity contribution >= 4 is 11.5 Å². The van der Waals surface area contributed by atoms with Crippen molar-refractivity contribution in [3.63, 3.8) is 0 Å². The van der Waals surface area contributed by atoms with Crippen LogP contribution in [0.5, 0.6) is 0 Å². The van der Waals surface area contributed by atoms with Gasteiger partial charge in [0.1, 0.15) is 5.41 Å². The molecule has 0 aromatic heterocycles. The van der Waals surface area contributed by atoms with Gasteiger partial charge in [0, 0.05) is 0 Å². The molecule has 0 saturated carbocycles. The second-order valence-electron chi connectivity index (χ2n) is 6.58. The summed E-state index contributed by atoms with van der Waals surface area (Å²) in [5, 5.41) is 0. The van der Waals surface area contributed by atoms with Gasteiger partial charge in [-0.3, -0.25) is 4.79 Å². The molecule has 27 heavy (non-hydrogen) atoms. The standard InChI is InChI=1S/C25H24O2/c1-3-27-24(26)25(2,22-17-11-6-12-18-22)19-23(20-13-7-4-8-14-20)21-15-9-5-10-16-21/h4-19H,3H2,1-2H3. The summed E-state index contributed by atoms with van der Waals surface area (Å²) in [5.74, 6) is -0.249. The maximum Gasteiger partial charge on any atom is 0.320 e. The van der Waals surface area contributed by atoms with Gasteiger partial charge in [0.05, 0.1) is 6.61 Å². The van der Waals surface area contributed by atoms with E-state index in [1.54, 1.807) is 0 Å². The van der Waals surface area contributed by atoms with Crippen molar-refractivity contribution in [2.75, 3.05) is 6.61 Å². The molecule has 0 N–H and O–H groups in total. The summed E-state index contributed by atoms with van der Waals surface area (Å²) < 4.78 is 5.45. The molecule has 0 bridgehead atoms. The fraction of sp³-hybridized carbons (Fsp3) is 0.160. The maximum absolute atomic E-state index is 13.0. The minimum atomic E-state index is -0.891. The van der Waals surface area contributed by atoms with Crippen LogP contribution in [0, 0.1) is 0 Å². The highest BCUT2D eigenvalue weighted by atomic mass is 16.5. The second-order valence-corrected chi connectivity index (χ2v) is 6.58. The molecule has 0 spiro atoms. The van der Waals surface area contributed by atoms with Crippen LogP contribution >= 0.6 is 0 Å². The topological polar surface area (TPSA) is 26.3 Å². The van der Waals surface area contributed by atoms with Gasteiger partial charge in [-0.25, -0.2) is 0 Å². The van der Waals surface area contributed by atoms with E-state index in [9.17, 15) is 4.79 Å². The van der Waals surface area contributed by atoms with Crippen molar-refractivity contribution in [1.82, 2.24) is 0 Å². The largest absolute Gasteiger partial charge is 0.465 e. The van der Waals surface area contributed by atoms with E-state index in [-0.39, 0.29) is 5.97 Å². The molecule has 3 aromatic carbocycles. The third kappa shape index (κ3) is 4.17. The zero-order valence-electron chi connectivity index (χ0n) is 15.8. The quantitative estimate of drug-likeness (QED) is 0.534. The first-order valence-electron chi connectivity index (χ1n) is 9.21. The average molecular weight is 356 g/mol. The third-order valence-electron chi connectivity index (χ3n) is 4.68. The number of ether oxygens (including phenoxy) is 1. The van der Waals surface area contributed by atoms with Gasteiger partial charge in [-0.1, -0.05) is 97.1 Å². The fourth-order valence-corrected chi connectivity index (χ4v) is 3.18. The normalized spacial score (nSPS) is 12.7. The summed E-state index contributed by atoms with van der Waals surface area (Å²) in [4.78, 5) is 13.0. The lowest BCUT2D eigenvalue weighted by Crippen LogP contribution is -2.33. The Morgan fingerprint density at radius 1 is 0.815 bits per heavy atom. The Morgan fingerprint density at radius 2 is 1.26 bits per heavy atom. The predicted octanol–water partition coefficient (Wildman–Crippen LogP) is 5.64. The molecule has 1 unspecified atom stereocenters. The van der Waals surface area contributed by atoms with E-state index in [1.807, 2.05) is 86.7 Å². The predicted molar refractivity (Wildman–Crippen MR) is 110 cm³/mol. The van der Waals surface area contributed by atoms with Gasteiger partial charge in [0.15, 0.2) is 0 Å². The Hall–Kier alpha value is -3.13. The first kappa shape index (κ1) is 18.7. The van der Waals surface area contributed by atoms with Crippen LogP contribution in [0.25, 0.3) is 5.57 Å². The van der Waals surface area contributed by atoms with Crippen molar-refractivity contribution in [2.45, 2.75) is 19.3 Å². The molecule has 0 saturated heterocycles. The highest BCUT2D eigenvalue weighted by molar-refractivity contribution is 5.91. The van der Waals surface area contributed by atoms with E-state index >= 15 is 0 Å². The number of hydrogen-bond donors (Lipinski definition) is 0. The Kier molecular flexibility index (Phi) is 5.87. The number of carbonyl (C=O) groups is 1. The summed E-state index contributed by atoms with van der Waals surface area (Å²) >= 11 is 0. The minimum absolute atomic E-state index is 0.249. The summed E-state index contributed by atoms with van der Waals surface area (Å²) in [6, 6.07) is 30.1. The number of esters is 1. The molecule has 3 rings (SSSR count). The van der Waals surface area contributed by atoms with E-state index in [0.29, 0.717) is 6.61 Å². The molecule has 3 aromatic rings. The van der Waals surface area contributed by atoms with Gasteiger partial charge in [0.2, 0.25) is 0 Å². The van der Waals surface area contributed by atoms with Gasteiger partial charge in [-0.05, 0) is 36.1 Å². The summed E-state index contributed by atoms with van der Waals surface area (Å²) in [5.41, 5.74) is 3.16. The Morgan fingerprint density at radius 3 is 1.70 bits per heavy atom. The molecule has 0 aliphatic rings. The first-order valence-corrected chi connectivity index (χ1v) is 9.21. The molecule has 0 aliphatic carbocycles. The molecule has 0 aliphatic heterocycles. The Balaban J connectivity index is 2.22. The van der Waals surface area contributed by atoms with Gasteiger partial charge in [-0.2, -0.15) is 0 Å². The van der Waals surface area contributed by atoms with Crippen molar-refractivity contribution in [2.24, 2.45) is 0 Å². The second kappa shape index (κ2) is 8.50. The Labute approximate surface area is 161 Å². The van der Waals surface area contributed by atoms with Crippen LogP contribution in [0.2, 0.25) is 0 Å². The van der Waals surface area contributed by atoms with E-state index in [4.69, 9.17) is 4.74 Å². The summed E-state index contributed by atoms with van der Waals surface area (Å²) in [7, 11) is 0. The average Bonchev–Trinajstić information content (AvgIpc) is 2.74. The van der Waals surface area contributed by atoms with Gasteiger partial charge < -0.3 is 4.74 Å². The van der Waals surface area contributed by atoms with Crippen LogP contribution in [-0.2, 0) is 14.9 Å². The lowest BCUT2D eigenvalue weighted by Gasteiger charge is -2.26. The minimum Gasteiger partial charge on any atom is -0.465 e. The Bertz CT molecular complexity index is 857. The molecule has 0 amide bonds. The molecule has 1 atom stereocenters. The summed E-state index contributed by atoms with van der Waals surface area (Å²) in [6.45, 7) is 4.11. The first-order chi connectivity index (χ1) is 13.1. The van der Waals surface area contributed by atoms with E-state index in [2.05, 4.69) is 24.3 Å². The molecule has 0 fully saturated rings. The fourth-order valence-electron chi connectivity index (χ4n) is 3.18. The number of rotatable bonds is 6. The number of carbonyl (C=O) groups excluding carboxylic acids is 1. The lowest BCUT2D eigenvalue weighted by atomic mass is 9.79. The van der Waals surface area contributed by atoms with E-state index in [0.717, 1.165) is 22.3 Å². The lowest BCUT2D eigenvalue weighted by molar-refractivity contribution is -0.147. The van der Waals surface area contributed by atoms with Crippen LogP contribution in [-0.4, -0.2) is 12.6 Å². The zero-order chi connectivity index (χ0) is 19.1. The zero-order valence-corrected chi connectivity index (χ0v) is 15.8. The number of hydrogen-bond acceptors (Lipinski definition) is 2. The van der Waals surface area contributed by atoms with Crippen LogP contribution < -0.4 is 0 Å². The number of benzene rings is 3. The van der Waals surface area contributed by atoms with Gasteiger partial charge >= 0.3 is 5.97 Å². The molecule has 0 radical (unpaired) electrons. The molecular formula is C25H24O2. The van der Waals surface area contributed by atoms with Crippen LogP contribution in [0.4, 0.5) is 0 Å². The van der Waals surface area contributed by atoms with Crippen LogP contribution in [0.1, 0.15) is 30.5 Å². The van der Waals surface area contributed by atoms with E-state index in [1.165, 1.54) is 0 Å². The van der Waals surface area contributed by atoms with Crippen molar-refractivity contribution in [3.8, 4) is 0 Å². The van der Waals surface area contributed by atoms with E-state index < -0.39 is 5.41 Å². The van der Waals surface area contributed by atoms with Crippen molar-refractivity contribution in [3.05, 3.63) is 114 Å². The molecule has 136 valence electrons. The molecular weight excluding hydrogens is 332 g/mol. The smallest absolute Gasteiger partial charge is 0.320 e. The monoisotopic (exact) mass is 356 g/mol. The maximum atomic E-state index is 13.0. The SMILES string of the molecule is CCOC(=O)C(C)(C=C(c1ccccc1)c1ccccc1)c1ccccc1. The molecule has 0 heterocycles. The van der Waals surface area contributed by atoms with Crippen LogP contribution in [0.3, 0.4) is 0 Å². The van der Waals surface area contributed by atoms with Gasteiger partial charge in [0.25, 0.3) is 0 Å². The van der Waals surface area contributed by atoms with Crippen molar-refractivity contribution < 1.29 is 9.53 Å².